The summed E-state index contributed by atoms with van der Waals surface area (Å²) in [5.74, 6) is -0.977. The minimum Gasteiger partial charge on any atom is -0.313 e. The summed E-state index contributed by atoms with van der Waals surface area (Å²) in [6, 6.07) is 14.2. The van der Waals surface area contributed by atoms with Crippen LogP contribution in [0.2, 0.25) is 0 Å². The third-order valence-electron chi connectivity index (χ3n) is 3.50. The van der Waals surface area contributed by atoms with Crippen LogP contribution in [0, 0.1) is 11.6 Å². The zero-order chi connectivity index (χ0) is 14.4. The van der Waals surface area contributed by atoms with Crippen molar-refractivity contribution < 1.29 is 8.78 Å². The van der Waals surface area contributed by atoms with Gasteiger partial charge in [0.2, 0.25) is 0 Å². The molecule has 0 radical (unpaired) electrons. The summed E-state index contributed by atoms with van der Waals surface area (Å²) in [7, 11) is 1.93. The summed E-state index contributed by atoms with van der Waals surface area (Å²) in [4.78, 5) is 0. The summed E-state index contributed by atoms with van der Waals surface area (Å²) in [5, 5.41) is 3.27. The number of rotatable bonds is 6. The van der Waals surface area contributed by atoms with Gasteiger partial charge < -0.3 is 5.32 Å². The Kier molecular flexibility index (Phi) is 5.24. The zero-order valence-corrected chi connectivity index (χ0v) is 11.6. The second kappa shape index (κ2) is 7.15. The molecular formula is C17H19F2N. The van der Waals surface area contributed by atoms with Crippen LogP contribution < -0.4 is 5.32 Å². The summed E-state index contributed by atoms with van der Waals surface area (Å²) >= 11 is 0. The van der Waals surface area contributed by atoms with Crippen molar-refractivity contribution in [3.8, 4) is 0 Å². The molecule has 106 valence electrons. The Balaban J connectivity index is 1.91. The molecule has 2 aromatic carbocycles. The molecule has 0 aliphatic rings. The Morgan fingerprint density at radius 1 is 1.05 bits per heavy atom. The Hall–Kier alpha value is -1.74. The minimum absolute atomic E-state index is 0.264. The van der Waals surface area contributed by atoms with Crippen molar-refractivity contribution in [1.29, 1.82) is 0 Å². The van der Waals surface area contributed by atoms with E-state index in [4.69, 9.17) is 0 Å². The fourth-order valence-corrected chi connectivity index (χ4v) is 2.38. The number of aryl methyl sites for hydroxylation is 1. The quantitative estimate of drug-likeness (QED) is 0.831. The highest BCUT2D eigenvalue weighted by atomic mass is 19.1. The lowest BCUT2D eigenvalue weighted by Gasteiger charge is -2.16. The van der Waals surface area contributed by atoms with Crippen molar-refractivity contribution in [3.63, 3.8) is 0 Å². The van der Waals surface area contributed by atoms with Gasteiger partial charge in [-0.05, 0) is 43.5 Å². The monoisotopic (exact) mass is 275 g/mol. The molecular weight excluding hydrogens is 256 g/mol. The van der Waals surface area contributed by atoms with Gasteiger partial charge >= 0.3 is 0 Å². The van der Waals surface area contributed by atoms with Gasteiger partial charge in [0.15, 0.2) is 0 Å². The molecule has 0 amide bonds. The van der Waals surface area contributed by atoms with E-state index in [1.165, 1.54) is 17.7 Å². The average molecular weight is 275 g/mol. The molecule has 0 fully saturated rings. The van der Waals surface area contributed by atoms with Gasteiger partial charge in [-0.1, -0.05) is 36.4 Å². The molecule has 0 aliphatic carbocycles. The van der Waals surface area contributed by atoms with Crippen LogP contribution in [0.1, 0.15) is 30.0 Å². The Bertz CT molecular complexity index is 540. The number of hydrogen-bond donors (Lipinski definition) is 1. The lowest BCUT2D eigenvalue weighted by atomic mass is 9.99. The van der Waals surface area contributed by atoms with Gasteiger partial charge in [-0.15, -0.1) is 0 Å². The van der Waals surface area contributed by atoms with Gasteiger partial charge in [0.1, 0.15) is 11.6 Å². The van der Waals surface area contributed by atoms with E-state index in [0.717, 1.165) is 18.9 Å². The molecule has 1 nitrogen and oxygen atoms in total. The zero-order valence-electron chi connectivity index (χ0n) is 11.6. The second-order valence-corrected chi connectivity index (χ2v) is 4.88. The fraction of sp³-hybridized carbons (Fsp3) is 0.294. The van der Waals surface area contributed by atoms with Crippen molar-refractivity contribution in [3.05, 3.63) is 71.3 Å². The Morgan fingerprint density at radius 3 is 2.45 bits per heavy atom. The highest BCUT2D eigenvalue weighted by Crippen LogP contribution is 2.20. The molecule has 0 aromatic heterocycles. The van der Waals surface area contributed by atoms with Crippen molar-refractivity contribution in [2.75, 3.05) is 7.05 Å². The third kappa shape index (κ3) is 3.87. The highest BCUT2D eigenvalue weighted by Gasteiger charge is 2.09. The Labute approximate surface area is 118 Å². The molecule has 0 saturated heterocycles. The topological polar surface area (TPSA) is 12.0 Å². The molecule has 0 aliphatic heterocycles. The van der Waals surface area contributed by atoms with E-state index in [0.29, 0.717) is 12.0 Å². The first-order valence-electron chi connectivity index (χ1n) is 6.87. The van der Waals surface area contributed by atoms with Gasteiger partial charge in [-0.2, -0.15) is 0 Å². The van der Waals surface area contributed by atoms with Crippen molar-refractivity contribution >= 4 is 0 Å². The summed E-state index contributed by atoms with van der Waals surface area (Å²) in [6.45, 7) is 0. The molecule has 0 heterocycles. The first kappa shape index (κ1) is 14.7. The maximum atomic E-state index is 13.5. The molecule has 1 atom stereocenters. The van der Waals surface area contributed by atoms with Crippen molar-refractivity contribution in [2.24, 2.45) is 0 Å². The number of nitrogens with one attached hydrogen (secondary N) is 1. The van der Waals surface area contributed by atoms with Crippen LogP contribution in [-0.4, -0.2) is 7.05 Å². The lowest BCUT2D eigenvalue weighted by molar-refractivity contribution is 0.517. The highest BCUT2D eigenvalue weighted by molar-refractivity contribution is 5.20. The Morgan fingerprint density at radius 2 is 1.80 bits per heavy atom. The normalized spacial score (nSPS) is 12.3. The van der Waals surface area contributed by atoms with Crippen LogP contribution in [0.5, 0.6) is 0 Å². The first-order valence-corrected chi connectivity index (χ1v) is 6.87. The summed E-state index contributed by atoms with van der Waals surface area (Å²) in [5.41, 5.74) is 1.81. The fourth-order valence-electron chi connectivity index (χ4n) is 2.38. The van der Waals surface area contributed by atoms with E-state index in [9.17, 15) is 8.78 Å². The van der Waals surface area contributed by atoms with Gasteiger partial charge in [0.05, 0.1) is 0 Å². The number of halogens is 2. The van der Waals surface area contributed by atoms with Crippen LogP contribution in [0.15, 0.2) is 48.5 Å². The molecule has 20 heavy (non-hydrogen) atoms. The van der Waals surface area contributed by atoms with Crippen LogP contribution in [0.3, 0.4) is 0 Å². The van der Waals surface area contributed by atoms with Gasteiger partial charge in [0, 0.05) is 12.1 Å². The number of benzene rings is 2. The lowest BCUT2D eigenvalue weighted by Crippen LogP contribution is -2.16. The van der Waals surface area contributed by atoms with Gasteiger partial charge in [0.25, 0.3) is 0 Å². The maximum absolute atomic E-state index is 13.5. The van der Waals surface area contributed by atoms with E-state index in [2.05, 4.69) is 17.4 Å². The van der Waals surface area contributed by atoms with Crippen LogP contribution in [0.4, 0.5) is 8.78 Å². The molecule has 2 aromatic rings. The number of hydrogen-bond acceptors (Lipinski definition) is 1. The largest absolute Gasteiger partial charge is 0.313 e. The van der Waals surface area contributed by atoms with E-state index in [1.54, 1.807) is 0 Å². The molecule has 2 rings (SSSR count). The van der Waals surface area contributed by atoms with Gasteiger partial charge in [-0.25, -0.2) is 8.78 Å². The molecule has 0 spiro atoms. The van der Waals surface area contributed by atoms with Crippen LogP contribution in [0.25, 0.3) is 0 Å². The predicted octanol–water partition coefficient (Wildman–Crippen LogP) is 4.25. The molecule has 0 saturated carbocycles. The van der Waals surface area contributed by atoms with Crippen LogP contribution in [-0.2, 0) is 6.42 Å². The minimum atomic E-state index is -0.524. The first-order chi connectivity index (χ1) is 9.70. The van der Waals surface area contributed by atoms with Crippen LogP contribution >= 0.6 is 0 Å². The third-order valence-corrected chi connectivity index (χ3v) is 3.50. The molecule has 1 N–H and O–H groups in total. The maximum Gasteiger partial charge on any atom is 0.129 e. The molecule has 3 heteroatoms. The summed E-state index contributed by atoms with van der Waals surface area (Å²) < 4.78 is 26.3. The van der Waals surface area contributed by atoms with E-state index < -0.39 is 11.6 Å². The average Bonchev–Trinajstić information content (AvgIpc) is 2.46. The second-order valence-electron chi connectivity index (χ2n) is 4.88. The van der Waals surface area contributed by atoms with Gasteiger partial charge in [-0.3, -0.25) is 0 Å². The van der Waals surface area contributed by atoms with E-state index in [1.807, 2.05) is 25.2 Å². The molecule has 1 unspecified atom stereocenters. The summed E-state index contributed by atoms with van der Waals surface area (Å²) in [6.07, 6.45) is 2.39. The van der Waals surface area contributed by atoms with E-state index in [-0.39, 0.29) is 6.04 Å². The standard InChI is InChI=1S/C17H19F2N/c1-20-17(14-6-3-2-4-7-14)9-5-8-13-10-11-15(18)12-16(13)19/h2-4,6-7,10-12,17,20H,5,8-9H2,1H3. The SMILES string of the molecule is CNC(CCCc1ccc(F)cc1F)c1ccccc1. The smallest absolute Gasteiger partial charge is 0.129 e. The van der Waals surface area contributed by atoms with Crippen molar-refractivity contribution in [2.45, 2.75) is 25.3 Å². The van der Waals surface area contributed by atoms with Crippen molar-refractivity contribution in [1.82, 2.24) is 5.32 Å². The molecule has 0 bridgehead atoms. The predicted molar refractivity (Wildman–Crippen MR) is 77.5 cm³/mol. The van der Waals surface area contributed by atoms with E-state index >= 15 is 0 Å².